The molecule has 0 saturated carbocycles. The monoisotopic (exact) mass is 273 g/mol. The molecule has 2 heterocycles. The van der Waals surface area contributed by atoms with Gasteiger partial charge in [0.05, 0.1) is 6.33 Å². The maximum Gasteiger partial charge on any atom is 0.356 e. The molecule has 2 N–H and O–H groups in total. The number of hydrogen-bond acceptors (Lipinski definition) is 5. The number of anilines is 1. The topological polar surface area (TPSA) is 92.9 Å². The van der Waals surface area contributed by atoms with Gasteiger partial charge in [-0.3, -0.25) is 0 Å². The predicted molar refractivity (Wildman–Crippen MR) is 71.7 cm³/mol. The van der Waals surface area contributed by atoms with E-state index in [-0.39, 0.29) is 5.69 Å². The molecule has 0 saturated heterocycles. The molecule has 0 spiro atoms. The fraction of sp³-hybridized carbons (Fsp3) is 0.385. The van der Waals surface area contributed by atoms with E-state index in [1.165, 1.54) is 18.1 Å². The van der Waals surface area contributed by atoms with Crippen molar-refractivity contribution < 1.29 is 9.90 Å². The summed E-state index contributed by atoms with van der Waals surface area (Å²) >= 11 is 0. The highest BCUT2D eigenvalue weighted by molar-refractivity contribution is 5.84. The van der Waals surface area contributed by atoms with Gasteiger partial charge in [-0.15, -0.1) is 0 Å². The van der Waals surface area contributed by atoms with E-state index in [0.29, 0.717) is 13.1 Å². The average Bonchev–Trinajstić information content (AvgIpc) is 3.07. The Bertz CT molecular complexity index is 637. The van der Waals surface area contributed by atoms with Crippen molar-refractivity contribution in [3.05, 3.63) is 35.8 Å². The summed E-state index contributed by atoms with van der Waals surface area (Å²) in [6, 6.07) is 0. The van der Waals surface area contributed by atoms with Crippen LogP contribution in [0.25, 0.3) is 0 Å². The Labute approximate surface area is 115 Å². The van der Waals surface area contributed by atoms with Crippen molar-refractivity contribution in [2.24, 2.45) is 0 Å². The molecular formula is C13H15N5O2. The van der Waals surface area contributed by atoms with Crippen LogP contribution in [0.3, 0.4) is 0 Å². The van der Waals surface area contributed by atoms with E-state index in [1.54, 1.807) is 10.9 Å². The Morgan fingerprint density at radius 3 is 3.05 bits per heavy atom. The van der Waals surface area contributed by atoms with Crippen LogP contribution in [-0.4, -0.2) is 37.1 Å². The van der Waals surface area contributed by atoms with Gasteiger partial charge in [0, 0.05) is 30.5 Å². The largest absolute Gasteiger partial charge is 0.476 e. The van der Waals surface area contributed by atoms with Gasteiger partial charge in [0.25, 0.3) is 0 Å². The van der Waals surface area contributed by atoms with Crippen molar-refractivity contribution in [2.75, 3.05) is 11.9 Å². The third-order valence-corrected chi connectivity index (χ3v) is 3.39. The van der Waals surface area contributed by atoms with Crippen LogP contribution >= 0.6 is 0 Å². The van der Waals surface area contributed by atoms with Crippen LogP contribution in [0.2, 0.25) is 0 Å². The highest BCUT2D eigenvalue weighted by Gasteiger charge is 2.16. The third kappa shape index (κ3) is 2.47. The van der Waals surface area contributed by atoms with Crippen LogP contribution in [0.4, 0.5) is 5.82 Å². The lowest BCUT2D eigenvalue weighted by molar-refractivity contribution is 0.0691. The van der Waals surface area contributed by atoms with Crippen LogP contribution in [0, 0.1) is 0 Å². The standard InChI is InChI=1S/C13H15N5O2/c19-13(20)11-6-18(8-17-11)5-4-14-12-9-2-1-3-10(9)15-7-16-12/h6-8H,1-5H2,(H,19,20)(H,14,15,16). The highest BCUT2D eigenvalue weighted by atomic mass is 16.4. The number of imidazole rings is 1. The van der Waals surface area contributed by atoms with Crippen LogP contribution in [0.5, 0.6) is 0 Å². The number of carboxylic acids is 1. The Hall–Kier alpha value is -2.44. The van der Waals surface area contributed by atoms with Gasteiger partial charge < -0.3 is 15.0 Å². The van der Waals surface area contributed by atoms with Gasteiger partial charge >= 0.3 is 5.97 Å². The summed E-state index contributed by atoms with van der Waals surface area (Å²) in [6.45, 7) is 1.30. The zero-order valence-electron chi connectivity index (χ0n) is 10.9. The molecule has 1 aliphatic rings. The number of nitrogens with one attached hydrogen (secondary N) is 1. The first-order valence-corrected chi connectivity index (χ1v) is 6.56. The van der Waals surface area contributed by atoms with Crippen LogP contribution in [0.15, 0.2) is 18.9 Å². The summed E-state index contributed by atoms with van der Waals surface area (Å²) in [7, 11) is 0. The Morgan fingerprint density at radius 1 is 1.35 bits per heavy atom. The summed E-state index contributed by atoms with van der Waals surface area (Å²) in [4.78, 5) is 23.1. The molecule has 0 fully saturated rings. The molecule has 0 atom stereocenters. The maximum absolute atomic E-state index is 10.7. The van der Waals surface area contributed by atoms with Gasteiger partial charge in [-0.1, -0.05) is 0 Å². The van der Waals surface area contributed by atoms with Gasteiger partial charge in [-0.2, -0.15) is 0 Å². The van der Waals surface area contributed by atoms with E-state index in [2.05, 4.69) is 20.3 Å². The summed E-state index contributed by atoms with van der Waals surface area (Å²) < 4.78 is 1.75. The van der Waals surface area contributed by atoms with Gasteiger partial charge in [-0.05, 0) is 19.3 Å². The number of aromatic carboxylic acids is 1. The van der Waals surface area contributed by atoms with E-state index in [4.69, 9.17) is 5.11 Å². The Balaban J connectivity index is 1.60. The first-order valence-electron chi connectivity index (χ1n) is 6.56. The molecular weight excluding hydrogens is 258 g/mol. The smallest absolute Gasteiger partial charge is 0.356 e. The lowest BCUT2D eigenvalue weighted by Gasteiger charge is -2.09. The number of hydrogen-bond donors (Lipinski definition) is 2. The number of nitrogens with zero attached hydrogens (tertiary/aromatic N) is 4. The molecule has 0 aromatic carbocycles. The molecule has 3 rings (SSSR count). The second-order valence-electron chi connectivity index (χ2n) is 4.73. The number of aromatic nitrogens is 4. The van der Waals surface area contributed by atoms with Gasteiger partial charge in [0.1, 0.15) is 12.1 Å². The van der Waals surface area contributed by atoms with Crippen molar-refractivity contribution in [2.45, 2.75) is 25.8 Å². The zero-order valence-corrected chi connectivity index (χ0v) is 10.9. The molecule has 0 radical (unpaired) electrons. The van der Waals surface area contributed by atoms with Gasteiger partial charge in [-0.25, -0.2) is 19.7 Å². The summed E-state index contributed by atoms with van der Waals surface area (Å²) in [5.74, 6) is -0.114. The van der Waals surface area contributed by atoms with Crippen molar-refractivity contribution in [1.82, 2.24) is 19.5 Å². The third-order valence-electron chi connectivity index (χ3n) is 3.39. The quantitative estimate of drug-likeness (QED) is 0.843. The fourth-order valence-corrected chi connectivity index (χ4v) is 2.41. The Kier molecular flexibility index (Phi) is 3.32. The van der Waals surface area contributed by atoms with Gasteiger partial charge in [0.15, 0.2) is 5.69 Å². The average molecular weight is 273 g/mol. The molecule has 7 heteroatoms. The van der Waals surface area contributed by atoms with E-state index < -0.39 is 5.97 Å². The minimum Gasteiger partial charge on any atom is -0.476 e. The molecule has 0 amide bonds. The minimum atomic E-state index is -1.01. The summed E-state index contributed by atoms with van der Waals surface area (Å²) in [5.41, 5.74) is 2.41. The SMILES string of the molecule is O=C(O)c1cn(CCNc2ncnc3c2CCC3)cn1. The van der Waals surface area contributed by atoms with Crippen molar-refractivity contribution in [3.63, 3.8) is 0 Å². The van der Waals surface area contributed by atoms with E-state index in [1.807, 2.05) is 0 Å². The number of aryl methyl sites for hydroxylation is 1. The van der Waals surface area contributed by atoms with Crippen molar-refractivity contribution >= 4 is 11.8 Å². The number of rotatable bonds is 5. The van der Waals surface area contributed by atoms with Crippen molar-refractivity contribution in [1.29, 1.82) is 0 Å². The molecule has 104 valence electrons. The van der Waals surface area contributed by atoms with Crippen LogP contribution in [0.1, 0.15) is 28.2 Å². The molecule has 20 heavy (non-hydrogen) atoms. The minimum absolute atomic E-state index is 0.0629. The lowest BCUT2D eigenvalue weighted by Crippen LogP contribution is -2.12. The number of fused-ring (bicyclic) bond motifs is 1. The van der Waals surface area contributed by atoms with Crippen molar-refractivity contribution in [3.8, 4) is 0 Å². The second-order valence-corrected chi connectivity index (χ2v) is 4.73. The highest BCUT2D eigenvalue weighted by Crippen LogP contribution is 2.24. The van der Waals surface area contributed by atoms with Crippen LogP contribution in [-0.2, 0) is 19.4 Å². The molecule has 0 aliphatic heterocycles. The number of carboxylic acid groups (broad SMARTS) is 1. The zero-order chi connectivity index (χ0) is 13.9. The van der Waals surface area contributed by atoms with E-state index in [0.717, 1.165) is 30.8 Å². The maximum atomic E-state index is 10.7. The second kappa shape index (κ2) is 5.28. The molecule has 2 aromatic heterocycles. The number of carbonyl (C=O) groups is 1. The normalized spacial score (nSPS) is 13.2. The lowest BCUT2D eigenvalue weighted by atomic mass is 10.2. The summed E-state index contributed by atoms with van der Waals surface area (Å²) in [5, 5.41) is 12.1. The molecule has 2 aromatic rings. The van der Waals surface area contributed by atoms with Crippen LogP contribution < -0.4 is 5.32 Å². The molecule has 1 aliphatic carbocycles. The van der Waals surface area contributed by atoms with Gasteiger partial charge in [0.2, 0.25) is 0 Å². The first-order chi connectivity index (χ1) is 9.74. The molecule has 7 nitrogen and oxygen atoms in total. The predicted octanol–water partition coefficient (Wildman–Crippen LogP) is 0.972. The molecule has 0 unspecified atom stereocenters. The van der Waals surface area contributed by atoms with E-state index >= 15 is 0 Å². The fourth-order valence-electron chi connectivity index (χ4n) is 2.41. The van der Waals surface area contributed by atoms with E-state index in [9.17, 15) is 4.79 Å². The summed E-state index contributed by atoms with van der Waals surface area (Å²) in [6.07, 6.45) is 7.81. The Morgan fingerprint density at radius 2 is 2.25 bits per heavy atom. The first kappa shape index (κ1) is 12.6. The molecule has 0 bridgehead atoms.